The molecule has 0 aliphatic carbocycles. The van der Waals surface area contributed by atoms with Crippen LogP contribution in [0.2, 0.25) is 0 Å². The van der Waals surface area contributed by atoms with E-state index in [0.717, 1.165) is 19.3 Å². The minimum atomic E-state index is -3.22. The molecule has 0 aromatic carbocycles. The number of primary amides is 1. The smallest absolute Gasteiger partial charge is 0.237 e. The molecule has 2 bridgehead atoms. The van der Waals surface area contributed by atoms with Gasteiger partial charge in [-0.3, -0.25) is 14.6 Å². The lowest BCUT2D eigenvalue weighted by molar-refractivity contribution is -0.131. The number of fused-ring (bicyclic) bond motifs is 2. The molecular weight excluding hydrogens is 368 g/mol. The van der Waals surface area contributed by atoms with Crippen molar-refractivity contribution in [2.45, 2.75) is 62.5 Å². The first-order chi connectivity index (χ1) is 12.7. The van der Waals surface area contributed by atoms with Crippen molar-refractivity contribution in [1.82, 2.24) is 14.1 Å². The largest absolute Gasteiger partial charge is 0.390 e. The van der Waals surface area contributed by atoms with E-state index in [4.69, 9.17) is 5.73 Å². The van der Waals surface area contributed by atoms with Crippen LogP contribution in [0.3, 0.4) is 0 Å². The Hall–Kier alpha value is -0.740. The summed E-state index contributed by atoms with van der Waals surface area (Å²) in [7, 11) is -3.22. The summed E-state index contributed by atoms with van der Waals surface area (Å²) in [5, 5.41) is 10.2. The Kier molecular flexibility index (Phi) is 6.17. The summed E-state index contributed by atoms with van der Waals surface area (Å²) in [6, 6.07) is 0.286. The van der Waals surface area contributed by atoms with E-state index in [2.05, 4.69) is 16.2 Å². The maximum Gasteiger partial charge on any atom is 0.237 e. The van der Waals surface area contributed by atoms with Crippen molar-refractivity contribution in [3.05, 3.63) is 6.42 Å². The van der Waals surface area contributed by atoms with Gasteiger partial charge < -0.3 is 10.8 Å². The van der Waals surface area contributed by atoms with Crippen LogP contribution in [0.5, 0.6) is 0 Å². The highest BCUT2D eigenvalue weighted by atomic mass is 32.2. The molecule has 3 heterocycles. The van der Waals surface area contributed by atoms with Gasteiger partial charge in [-0.25, -0.2) is 8.42 Å². The van der Waals surface area contributed by atoms with Crippen molar-refractivity contribution in [2.24, 2.45) is 5.73 Å². The van der Waals surface area contributed by atoms with Gasteiger partial charge >= 0.3 is 0 Å². The fourth-order valence-electron chi connectivity index (χ4n) is 4.77. The van der Waals surface area contributed by atoms with Gasteiger partial charge in [-0.2, -0.15) is 4.31 Å². The van der Waals surface area contributed by atoms with Crippen molar-refractivity contribution in [3.8, 4) is 0 Å². The minimum absolute atomic E-state index is 0.286. The molecule has 9 heteroatoms. The molecule has 27 heavy (non-hydrogen) atoms. The predicted octanol–water partition coefficient (Wildman–Crippen LogP) is -0.610. The van der Waals surface area contributed by atoms with E-state index in [1.54, 1.807) is 18.2 Å². The molecule has 3 aliphatic heterocycles. The molecule has 1 radical (unpaired) electrons. The first-order valence-electron chi connectivity index (χ1n) is 9.94. The number of amides is 1. The molecule has 1 unspecified atom stereocenters. The Morgan fingerprint density at radius 1 is 1.26 bits per heavy atom. The Morgan fingerprint density at radius 3 is 2.52 bits per heavy atom. The van der Waals surface area contributed by atoms with Gasteiger partial charge in [-0.15, -0.1) is 0 Å². The molecule has 3 saturated heterocycles. The van der Waals surface area contributed by atoms with Gasteiger partial charge in [-0.1, -0.05) is 0 Å². The molecule has 0 aromatic rings. The third-order valence-electron chi connectivity index (χ3n) is 6.42. The summed E-state index contributed by atoms with van der Waals surface area (Å²) in [6.07, 6.45) is 4.88. The molecule has 0 aromatic heterocycles. The minimum Gasteiger partial charge on any atom is -0.390 e. The average Bonchev–Trinajstić information content (AvgIpc) is 2.80. The number of aliphatic hydroxyl groups excluding tert-OH is 1. The molecule has 3 rings (SSSR count). The van der Waals surface area contributed by atoms with Crippen molar-refractivity contribution in [1.29, 1.82) is 0 Å². The topological polar surface area (TPSA) is 107 Å². The lowest BCUT2D eigenvalue weighted by atomic mass is 9.87. The number of nitrogens with two attached hydrogens (primary N) is 1. The third kappa shape index (κ3) is 4.03. The van der Waals surface area contributed by atoms with Crippen LogP contribution in [0.4, 0.5) is 0 Å². The molecule has 1 amide bonds. The molecule has 3 atom stereocenters. The second-order valence-electron chi connectivity index (χ2n) is 8.42. The quantitative estimate of drug-likeness (QED) is 0.589. The molecule has 8 nitrogen and oxygen atoms in total. The van der Waals surface area contributed by atoms with Gasteiger partial charge in [0.1, 0.15) is 5.54 Å². The normalized spacial score (nSPS) is 32.1. The second kappa shape index (κ2) is 7.94. The summed E-state index contributed by atoms with van der Waals surface area (Å²) in [6.45, 7) is 6.46. The zero-order valence-corrected chi connectivity index (χ0v) is 17.2. The van der Waals surface area contributed by atoms with Crippen molar-refractivity contribution in [3.63, 3.8) is 0 Å². The summed E-state index contributed by atoms with van der Waals surface area (Å²) in [4.78, 5) is 16.3. The van der Waals surface area contributed by atoms with Crippen LogP contribution in [0.15, 0.2) is 0 Å². The van der Waals surface area contributed by atoms with Crippen molar-refractivity contribution < 1.29 is 18.3 Å². The van der Waals surface area contributed by atoms with Crippen LogP contribution in [-0.2, 0) is 14.8 Å². The van der Waals surface area contributed by atoms with E-state index < -0.39 is 26.9 Å². The van der Waals surface area contributed by atoms with E-state index in [9.17, 15) is 18.3 Å². The molecule has 0 spiro atoms. The molecule has 3 aliphatic rings. The highest BCUT2D eigenvalue weighted by Crippen LogP contribution is 2.43. The maximum atomic E-state index is 12.3. The SMILES string of the molecule is CC(C)S(=O)(=O)N1CCN(CC(O)CN2[C@@H]3C[CH]C[C@@]2(C(N)=O)CC3)CC1. The number of hydrogen-bond acceptors (Lipinski definition) is 6. The fourth-order valence-corrected chi connectivity index (χ4v) is 6.04. The molecule has 3 fully saturated rings. The number of aliphatic hydroxyl groups is 1. The number of nitrogens with zero attached hydrogens (tertiary/aromatic N) is 3. The van der Waals surface area contributed by atoms with Crippen LogP contribution in [0, 0.1) is 6.42 Å². The summed E-state index contributed by atoms with van der Waals surface area (Å²) in [5.74, 6) is -0.291. The first-order valence-corrected chi connectivity index (χ1v) is 11.4. The number of piperidine rings is 1. The van der Waals surface area contributed by atoms with Crippen molar-refractivity contribution in [2.75, 3.05) is 39.3 Å². The van der Waals surface area contributed by atoms with Gasteiger partial charge in [0.15, 0.2) is 0 Å². The zero-order valence-electron chi connectivity index (χ0n) is 16.4. The summed E-state index contributed by atoms with van der Waals surface area (Å²) < 4.78 is 26.1. The van der Waals surface area contributed by atoms with Gasteiger partial charge in [-0.05, 0) is 46.0 Å². The lowest BCUT2D eigenvalue weighted by Gasteiger charge is -2.44. The van der Waals surface area contributed by atoms with Crippen LogP contribution in [0.1, 0.15) is 39.5 Å². The van der Waals surface area contributed by atoms with E-state index in [0.29, 0.717) is 45.7 Å². The number of rotatable bonds is 7. The van der Waals surface area contributed by atoms with E-state index in [-0.39, 0.29) is 11.9 Å². The van der Waals surface area contributed by atoms with Crippen LogP contribution < -0.4 is 5.73 Å². The maximum absolute atomic E-state index is 12.3. The monoisotopic (exact) mass is 401 g/mol. The van der Waals surface area contributed by atoms with Gasteiger partial charge in [0, 0.05) is 45.3 Å². The van der Waals surface area contributed by atoms with Crippen LogP contribution in [0.25, 0.3) is 0 Å². The van der Waals surface area contributed by atoms with Crippen molar-refractivity contribution >= 4 is 15.9 Å². The Balaban J connectivity index is 1.53. The molecular formula is C18H33N4O4S. The van der Waals surface area contributed by atoms with E-state index >= 15 is 0 Å². The Morgan fingerprint density at radius 2 is 1.93 bits per heavy atom. The standard InChI is InChI=1S/C18H33N4O4S/c1-14(2)27(25,26)21-10-8-20(9-11-21)12-16(23)13-22-15-4-3-6-18(22,7-5-15)17(19)24/h3,14-16,23H,4-13H2,1-2H3,(H2,19,24)/t15-,16?,18+/m1/s1. The number of carbonyl (C=O) groups excluding carboxylic acids is 1. The molecule has 3 N–H and O–H groups in total. The predicted molar refractivity (Wildman–Crippen MR) is 103 cm³/mol. The summed E-state index contributed by atoms with van der Waals surface area (Å²) >= 11 is 0. The number of carbonyl (C=O) groups is 1. The number of piperazine rings is 1. The average molecular weight is 402 g/mol. The number of sulfonamides is 1. The van der Waals surface area contributed by atoms with E-state index in [1.807, 2.05) is 0 Å². The molecule has 0 saturated carbocycles. The van der Waals surface area contributed by atoms with Gasteiger partial charge in [0.2, 0.25) is 15.9 Å². The number of β-amino-alcohol motifs (C(OH)–C–C–N with tert-alkyl or cyclic N) is 1. The fraction of sp³-hybridized carbons (Fsp3) is 0.889. The first kappa shape index (κ1) is 21.0. The highest BCUT2D eigenvalue weighted by Gasteiger charge is 2.53. The van der Waals surface area contributed by atoms with Gasteiger partial charge in [0.25, 0.3) is 0 Å². The van der Waals surface area contributed by atoms with Crippen LogP contribution in [-0.4, -0.2) is 95.7 Å². The van der Waals surface area contributed by atoms with E-state index in [1.165, 1.54) is 0 Å². The Bertz CT molecular complexity index is 644. The third-order valence-corrected chi connectivity index (χ3v) is 8.70. The van der Waals surface area contributed by atoms with Crippen LogP contribution >= 0.6 is 0 Å². The van der Waals surface area contributed by atoms with Gasteiger partial charge in [0.05, 0.1) is 11.4 Å². The Labute approximate surface area is 162 Å². The second-order valence-corrected chi connectivity index (χ2v) is 10.9. The highest BCUT2D eigenvalue weighted by molar-refractivity contribution is 7.89. The molecule has 155 valence electrons. The number of hydrogen-bond donors (Lipinski definition) is 2. The lowest BCUT2D eigenvalue weighted by Crippen LogP contribution is -2.60. The summed E-state index contributed by atoms with van der Waals surface area (Å²) in [5.41, 5.74) is 5.08. The zero-order chi connectivity index (χ0) is 19.8.